The molecule has 1 heterocycles. The van der Waals surface area contributed by atoms with Crippen molar-refractivity contribution in [2.24, 2.45) is 0 Å². The second-order valence-corrected chi connectivity index (χ2v) is 4.03. The highest BCUT2D eigenvalue weighted by Gasteiger charge is 2.17. The zero-order valence-corrected chi connectivity index (χ0v) is 11.2. The van der Waals surface area contributed by atoms with Crippen LogP contribution >= 0.6 is 11.6 Å². The molecule has 0 amide bonds. The lowest BCUT2D eigenvalue weighted by atomic mass is 10.1. The zero-order valence-electron chi connectivity index (χ0n) is 10.4. The van der Waals surface area contributed by atoms with Gasteiger partial charge in [-0.15, -0.1) is 0 Å². The molecule has 0 unspecified atom stereocenters. The summed E-state index contributed by atoms with van der Waals surface area (Å²) in [5.74, 6) is 1.37. The summed E-state index contributed by atoms with van der Waals surface area (Å²) in [6, 6.07) is 5.57. The van der Waals surface area contributed by atoms with Crippen molar-refractivity contribution in [1.82, 2.24) is 9.97 Å². The molecular formula is C13H13ClN2O2. The second kappa shape index (κ2) is 5.23. The van der Waals surface area contributed by atoms with E-state index in [9.17, 15) is 0 Å². The lowest BCUT2D eigenvalue weighted by Crippen LogP contribution is -1.97. The van der Waals surface area contributed by atoms with Crippen LogP contribution in [-0.2, 0) is 0 Å². The highest BCUT2D eigenvalue weighted by atomic mass is 35.5. The Labute approximate surface area is 111 Å². The average Bonchev–Trinajstić information content (AvgIpc) is 2.41. The summed E-state index contributed by atoms with van der Waals surface area (Å²) in [5, 5.41) is 0.424. The number of halogens is 1. The van der Waals surface area contributed by atoms with Crippen LogP contribution in [0.1, 0.15) is 5.56 Å². The monoisotopic (exact) mass is 264 g/mol. The highest BCUT2D eigenvalue weighted by molar-refractivity contribution is 6.30. The van der Waals surface area contributed by atoms with Crippen LogP contribution in [0.25, 0.3) is 11.3 Å². The summed E-state index contributed by atoms with van der Waals surface area (Å²) in [7, 11) is 3.22. The standard InChI is InChI=1S/C13H13ClN2O2/c1-8-12(15-7-16-13(8)14)11-9(17-2)5-4-6-10(11)18-3/h4-7H,1-3H3. The summed E-state index contributed by atoms with van der Waals surface area (Å²) in [5.41, 5.74) is 2.29. The molecule has 0 saturated carbocycles. The normalized spacial score (nSPS) is 10.2. The zero-order chi connectivity index (χ0) is 13.1. The van der Waals surface area contributed by atoms with Gasteiger partial charge in [0.05, 0.1) is 25.5 Å². The van der Waals surface area contributed by atoms with Gasteiger partial charge in [-0.25, -0.2) is 9.97 Å². The number of rotatable bonds is 3. The minimum Gasteiger partial charge on any atom is -0.496 e. The van der Waals surface area contributed by atoms with Crippen LogP contribution in [-0.4, -0.2) is 24.2 Å². The molecule has 2 rings (SSSR count). The maximum absolute atomic E-state index is 6.02. The first kappa shape index (κ1) is 12.6. The van der Waals surface area contributed by atoms with Gasteiger partial charge in [-0.1, -0.05) is 17.7 Å². The van der Waals surface area contributed by atoms with E-state index in [2.05, 4.69) is 9.97 Å². The van der Waals surface area contributed by atoms with E-state index in [0.717, 1.165) is 11.1 Å². The second-order valence-electron chi connectivity index (χ2n) is 3.68. The number of hydrogen-bond acceptors (Lipinski definition) is 4. The molecular weight excluding hydrogens is 252 g/mol. The molecule has 0 N–H and O–H groups in total. The molecule has 0 spiro atoms. The van der Waals surface area contributed by atoms with E-state index >= 15 is 0 Å². The SMILES string of the molecule is COc1cccc(OC)c1-c1ncnc(Cl)c1C. The van der Waals surface area contributed by atoms with E-state index in [1.165, 1.54) is 6.33 Å². The summed E-state index contributed by atoms with van der Waals surface area (Å²) in [6.07, 6.45) is 1.43. The molecule has 1 aromatic carbocycles. The van der Waals surface area contributed by atoms with Crippen LogP contribution in [0.15, 0.2) is 24.5 Å². The minimum absolute atomic E-state index is 0.424. The third kappa shape index (κ3) is 2.11. The average molecular weight is 265 g/mol. The van der Waals surface area contributed by atoms with E-state index in [4.69, 9.17) is 21.1 Å². The molecule has 0 saturated heterocycles. The van der Waals surface area contributed by atoms with Crippen molar-refractivity contribution in [2.75, 3.05) is 14.2 Å². The first-order chi connectivity index (χ1) is 8.69. The first-order valence-corrected chi connectivity index (χ1v) is 5.75. The minimum atomic E-state index is 0.424. The Morgan fingerprint density at radius 2 is 1.67 bits per heavy atom. The van der Waals surface area contributed by atoms with Crippen molar-refractivity contribution < 1.29 is 9.47 Å². The fraction of sp³-hybridized carbons (Fsp3) is 0.231. The maximum Gasteiger partial charge on any atom is 0.135 e. The molecule has 1 aromatic heterocycles. The fourth-order valence-corrected chi connectivity index (χ4v) is 1.90. The van der Waals surface area contributed by atoms with Crippen molar-refractivity contribution in [1.29, 1.82) is 0 Å². The molecule has 0 fully saturated rings. The number of benzene rings is 1. The van der Waals surface area contributed by atoms with Gasteiger partial charge >= 0.3 is 0 Å². The van der Waals surface area contributed by atoms with E-state index in [1.807, 2.05) is 25.1 Å². The largest absolute Gasteiger partial charge is 0.496 e. The smallest absolute Gasteiger partial charge is 0.135 e. The van der Waals surface area contributed by atoms with Gasteiger partial charge in [-0.2, -0.15) is 0 Å². The van der Waals surface area contributed by atoms with Gasteiger partial charge in [0.1, 0.15) is 23.0 Å². The molecule has 0 bridgehead atoms. The van der Waals surface area contributed by atoms with Crippen molar-refractivity contribution in [3.8, 4) is 22.8 Å². The Bertz CT molecular complexity index is 551. The van der Waals surface area contributed by atoms with Gasteiger partial charge in [0.25, 0.3) is 0 Å². The van der Waals surface area contributed by atoms with Gasteiger partial charge in [0, 0.05) is 5.56 Å². The topological polar surface area (TPSA) is 44.2 Å². The summed E-state index contributed by atoms with van der Waals surface area (Å²) < 4.78 is 10.7. The van der Waals surface area contributed by atoms with Crippen LogP contribution in [0.2, 0.25) is 5.15 Å². The molecule has 18 heavy (non-hydrogen) atoms. The Morgan fingerprint density at radius 3 is 2.22 bits per heavy atom. The van der Waals surface area contributed by atoms with Gasteiger partial charge in [-0.05, 0) is 19.1 Å². The maximum atomic E-state index is 6.02. The van der Waals surface area contributed by atoms with E-state index in [1.54, 1.807) is 14.2 Å². The Kier molecular flexibility index (Phi) is 3.67. The van der Waals surface area contributed by atoms with Crippen molar-refractivity contribution >= 4 is 11.6 Å². The first-order valence-electron chi connectivity index (χ1n) is 5.37. The number of nitrogens with zero attached hydrogens (tertiary/aromatic N) is 2. The third-order valence-electron chi connectivity index (χ3n) is 2.69. The van der Waals surface area contributed by atoms with E-state index < -0.39 is 0 Å². The molecule has 4 nitrogen and oxygen atoms in total. The van der Waals surface area contributed by atoms with Crippen molar-refractivity contribution in [2.45, 2.75) is 6.92 Å². The lowest BCUT2D eigenvalue weighted by Gasteiger charge is -2.14. The number of ether oxygens (including phenoxy) is 2. The number of methoxy groups -OCH3 is 2. The summed E-state index contributed by atoms with van der Waals surface area (Å²) >= 11 is 6.02. The third-order valence-corrected chi connectivity index (χ3v) is 3.07. The van der Waals surface area contributed by atoms with E-state index in [-0.39, 0.29) is 0 Å². The van der Waals surface area contributed by atoms with Gasteiger partial charge < -0.3 is 9.47 Å². The van der Waals surface area contributed by atoms with Gasteiger partial charge in [-0.3, -0.25) is 0 Å². The molecule has 0 aliphatic heterocycles. The summed E-state index contributed by atoms with van der Waals surface area (Å²) in [4.78, 5) is 8.22. The molecule has 0 aliphatic rings. The Balaban J connectivity index is 2.73. The van der Waals surface area contributed by atoms with Crippen molar-refractivity contribution in [3.05, 3.63) is 35.2 Å². The fourth-order valence-electron chi connectivity index (χ4n) is 1.77. The van der Waals surface area contributed by atoms with Crippen LogP contribution in [0, 0.1) is 6.92 Å². The molecule has 0 atom stereocenters. The summed E-state index contributed by atoms with van der Waals surface area (Å²) in [6.45, 7) is 1.86. The molecule has 0 aliphatic carbocycles. The molecule has 94 valence electrons. The Hall–Kier alpha value is -1.81. The van der Waals surface area contributed by atoms with Gasteiger partial charge in [0.2, 0.25) is 0 Å². The van der Waals surface area contributed by atoms with Gasteiger partial charge in [0.15, 0.2) is 0 Å². The van der Waals surface area contributed by atoms with Crippen LogP contribution < -0.4 is 9.47 Å². The number of hydrogen-bond donors (Lipinski definition) is 0. The van der Waals surface area contributed by atoms with Crippen LogP contribution in [0.3, 0.4) is 0 Å². The molecule has 5 heteroatoms. The Morgan fingerprint density at radius 1 is 1.06 bits per heavy atom. The number of aromatic nitrogens is 2. The molecule has 0 radical (unpaired) electrons. The predicted octanol–water partition coefficient (Wildman–Crippen LogP) is 3.12. The van der Waals surface area contributed by atoms with Crippen LogP contribution in [0.5, 0.6) is 11.5 Å². The highest BCUT2D eigenvalue weighted by Crippen LogP contribution is 2.39. The quantitative estimate of drug-likeness (QED) is 0.799. The van der Waals surface area contributed by atoms with Crippen LogP contribution in [0.4, 0.5) is 0 Å². The predicted molar refractivity (Wildman–Crippen MR) is 70.3 cm³/mol. The molecule has 2 aromatic rings. The van der Waals surface area contributed by atoms with E-state index in [0.29, 0.717) is 22.3 Å². The van der Waals surface area contributed by atoms with Crippen molar-refractivity contribution in [3.63, 3.8) is 0 Å². The lowest BCUT2D eigenvalue weighted by molar-refractivity contribution is 0.397.